The molecule has 3 aliphatic heterocycles. The van der Waals surface area contributed by atoms with E-state index < -0.39 is 0 Å². The molecule has 174 valence electrons. The number of amides is 2. The Bertz CT molecular complexity index is 1370. The molecule has 9 nitrogen and oxygen atoms in total. The average Bonchev–Trinajstić information content (AvgIpc) is 3.40. The Morgan fingerprint density at radius 2 is 2.06 bits per heavy atom. The molecule has 6 rings (SSSR count). The maximum atomic E-state index is 12.5. The predicted octanol–water partition coefficient (Wildman–Crippen LogP) is 2.54. The van der Waals surface area contributed by atoms with E-state index in [0.29, 0.717) is 31.8 Å². The van der Waals surface area contributed by atoms with Crippen molar-refractivity contribution in [3.63, 3.8) is 0 Å². The number of cyclic esters (lactones) is 1. The van der Waals surface area contributed by atoms with Crippen LogP contribution >= 0.6 is 11.8 Å². The fraction of sp³-hybridized carbons (Fsp3) is 0.333. The minimum atomic E-state index is -0.371. The number of hydrogen-bond donors (Lipinski definition) is 2. The first kappa shape index (κ1) is 21.2. The number of pyridine rings is 2. The van der Waals surface area contributed by atoms with Gasteiger partial charge in [0.25, 0.3) is 5.56 Å². The number of ether oxygens (including phenoxy) is 1. The van der Waals surface area contributed by atoms with E-state index in [0.717, 1.165) is 39.4 Å². The first-order valence-corrected chi connectivity index (χ1v) is 12.3. The Hall–Kier alpha value is -3.37. The number of nitrogens with zero attached hydrogens (tertiary/aromatic N) is 3. The summed E-state index contributed by atoms with van der Waals surface area (Å²) < 4.78 is 7.39. The third-order valence-corrected chi connectivity index (χ3v) is 7.64. The highest BCUT2D eigenvalue weighted by molar-refractivity contribution is 8.00. The molecule has 0 spiro atoms. The van der Waals surface area contributed by atoms with Crippen molar-refractivity contribution in [2.45, 2.75) is 29.9 Å². The van der Waals surface area contributed by atoms with Gasteiger partial charge in [0.1, 0.15) is 6.10 Å². The quantitative estimate of drug-likeness (QED) is 0.526. The normalized spacial score (nSPS) is 21.0. The van der Waals surface area contributed by atoms with Gasteiger partial charge in [0.2, 0.25) is 5.91 Å². The summed E-state index contributed by atoms with van der Waals surface area (Å²) in [6, 6.07) is 11.0. The fourth-order valence-corrected chi connectivity index (χ4v) is 5.71. The van der Waals surface area contributed by atoms with Crippen molar-refractivity contribution in [1.29, 1.82) is 0 Å². The van der Waals surface area contributed by atoms with Crippen molar-refractivity contribution >= 4 is 46.2 Å². The Balaban J connectivity index is 1.05. The second-order valence-electron chi connectivity index (χ2n) is 8.74. The van der Waals surface area contributed by atoms with E-state index in [4.69, 9.17) is 4.74 Å². The number of anilines is 2. The van der Waals surface area contributed by atoms with Crippen molar-refractivity contribution in [3.05, 3.63) is 58.5 Å². The Labute approximate surface area is 199 Å². The smallest absolute Gasteiger partial charge is 0.414 e. The number of fused-ring (bicyclic) bond motifs is 1. The zero-order chi connectivity index (χ0) is 23.2. The number of hydrogen-bond acceptors (Lipinski definition) is 7. The summed E-state index contributed by atoms with van der Waals surface area (Å²) in [6.07, 6.45) is 1.90. The van der Waals surface area contributed by atoms with Crippen LogP contribution in [0.3, 0.4) is 0 Å². The van der Waals surface area contributed by atoms with E-state index in [-0.39, 0.29) is 29.6 Å². The third kappa shape index (κ3) is 3.72. The van der Waals surface area contributed by atoms with Crippen LogP contribution in [0.2, 0.25) is 0 Å². The summed E-state index contributed by atoms with van der Waals surface area (Å²) in [6.45, 7) is 2.53. The zero-order valence-corrected chi connectivity index (χ0v) is 19.1. The molecular formula is C24H23N5O4S. The van der Waals surface area contributed by atoms with Gasteiger partial charge in [-0.1, -0.05) is 0 Å². The third-order valence-electron chi connectivity index (χ3n) is 6.56. The van der Waals surface area contributed by atoms with Crippen molar-refractivity contribution in [2.24, 2.45) is 0 Å². The van der Waals surface area contributed by atoms with Crippen LogP contribution in [0.1, 0.15) is 17.9 Å². The van der Waals surface area contributed by atoms with Gasteiger partial charge in [-0.3, -0.25) is 19.5 Å². The van der Waals surface area contributed by atoms with Gasteiger partial charge >= 0.3 is 6.09 Å². The summed E-state index contributed by atoms with van der Waals surface area (Å²) in [5, 5.41) is 6.33. The van der Waals surface area contributed by atoms with Crippen LogP contribution in [-0.2, 0) is 16.1 Å². The molecule has 1 fully saturated rings. The second-order valence-corrected chi connectivity index (χ2v) is 9.76. The van der Waals surface area contributed by atoms with E-state index in [9.17, 15) is 14.4 Å². The molecule has 0 saturated carbocycles. The van der Waals surface area contributed by atoms with Gasteiger partial charge in [0, 0.05) is 41.9 Å². The summed E-state index contributed by atoms with van der Waals surface area (Å²) in [5.41, 5.74) is 4.38. The van der Waals surface area contributed by atoms with Crippen LogP contribution in [0.5, 0.6) is 0 Å². The van der Waals surface area contributed by atoms with Crippen LogP contribution in [-0.4, -0.2) is 53.0 Å². The topological polar surface area (TPSA) is 106 Å². The highest BCUT2D eigenvalue weighted by Crippen LogP contribution is 2.36. The molecule has 2 amide bonds. The van der Waals surface area contributed by atoms with Crippen LogP contribution < -0.4 is 21.1 Å². The molecule has 1 saturated heterocycles. The zero-order valence-electron chi connectivity index (χ0n) is 18.3. The highest BCUT2D eigenvalue weighted by atomic mass is 32.2. The minimum Gasteiger partial charge on any atom is -0.444 e. The minimum absolute atomic E-state index is 0.00236. The van der Waals surface area contributed by atoms with Crippen molar-refractivity contribution in [3.8, 4) is 0 Å². The highest BCUT2D eigenvalue weighted by Gasteiger charge is 2.33. The molecule has 0 radical (unpaired) electrons. The van der Waals surface area contributed by atoms with Crippen LogP contribution in [0, 0.1) is 0 Å². The standard InChI is InChI=1S/C24H23N5O4S/c30-21-13-34-20-3-1-15(9-19(20)27-21)28-12-16(33-24(28)32)5-7-25-10-14-11-29-22(31)4-2-18-23(29)17(14)6-8-26-18/h1-4,6,8-9,14,16,25H,5,7,10-13H2,(H,27,30)/t14-,16+/m1/s1. The molecule has 0 bridgehead atoms. The summed E-state index contributed by atoms with van der Waals surface area (Å²) in [7, 11) is 0. The van der Waals surface area contributed by atoms with Gasteiger partial charge in [-0.2, -0.15) is 0 Å². The fourth-order valence-electron chi connectivity index (χ4n) is 4.92. The first-order valence-electron chi connectivity index (χ1n) is 11.3. The monoisotopic (exact) mass is 477 g/mol. The first-order chi connectivity index (χ1) is 16.6. The van der Waals surface area contributed by atoms with Crippen LogP contribution in [0.25, 0.3) is 11.0 Å². The number of aromatic nitrogens is 2. The van der Waals surface area contributed by atoms with E-state index >= 15 is 0 Å². The van der Waals surface area contributed by atoms with Gasteiger partial charge in [0.15, 0.2) is 0 Å². The van der Waals surface area contributed by atoms with E-state index in [1.807, 2.05) is 24.3 Å². The van der Waals surface area contributed by atoms with Gasteiger partial charge in [0.05, 0.1) is 29.0 Å². The van der Waals surface area contributed by atoms with Crippen LogP contribution in [0.4, 0.5) is 16.2 Å². The second kappa shape index (κ2) is 8.44. The molecule has 3 aliphatic rings. The Morgan fingerprint density at radius 3 is 2.97 bits per heavy atom. The molecule has 3 aromatic rings. The maximum absolute atomic E-state index is 12.5. The Morgan fingerprint density at radius 1 is 1.15 bits per heavy atom. The van der Waals surface area contributed by atoms with Gasteiger partial charge in [-0.15, -0.1) is 11.8 Å². The number of benzene rings is 1. The summed E-state index contributed by atoms with van der Waals surface area (Å²) in [5.74, 6) is 0.570. The largest absolute Gasteiger partial charge is 0.444 e. The summed E-state index contributed by atoms with van der Waals surface area (Å²) in [4.78, 5) is 43.4. The SMILES string of the molecule is O=C1CSc2ccc(N3C[C@H](CCNC[C@@H]4Cn5c(=O)ccc6nccc4c65)OC3=O)cc2N1. The molecule has 34 heavy (non-hydrogen) atoms. The molecule has 2 N–H and O–H groups in total. The molecule has 0 unspecified atom stereocenters. The number of nitrogens with one attached hydrogen (secondary N) is 2. The molecule has 5 heterocycles. The molecule has 2 aromatic heterocycles. The lowest BCUT2D eigenvalue weighted by Crippen LogP contribution is -2.28. The number of carbonyl (C=O) groups is 2. The van der Waals surface area contributed by atoms with E-state index in [2.05, 4.69) is 15.6 Å². The molecule has 2 atom stereocenters. The lowest BCUT2D eigenvalue weighted by Gasteiger charge is -2.20. The number of thioether (sulfide) groups is 1. The van der Waals surface area contributed by atoms with Crippen molar-refractivity contribution in [2.75, 3.05) is 35.6 Å². The number of carbonyl (C=O) groups excluding carboxylic acids is 2. The summed E-state index contributed by atoms with van der Waals surface area (Å²) >= 11 is 1.49. The molecule has 1 aromatic carbocycles. The van der Waals surface area contributed by atoms with E-state index in [1.54, 1.807) is 27.8 Å². The lowest BCUT2D eigenvalue weighted by atomic mass is 10.0. The van der Waals surface area contributed by atoms with Crippen molar-refractivity contribution < 1.29 is 14.3 Å². The lowest BCUT2D eigenvalue weighted by molar-refractivity contribution is -0.113. The predicted molar refractivity (Wildman–Crippen MR) is 130 cm³/mol. The number of rotatable bonds is 6. The van der Waals surface area contributed by atoms with Crippen LogP contribution in [0.15, 0.2) is 52.3 Å². The van der Waals surface area contributed by atoms with Gasteiger partial charge < -0.3 is 19.9 Å². The van der Waals surface area contributed by atoms with Gasteiger partial charge in [-0.25, -0.2) is 4.79 Å². The molecule has 0 aliphatic carbocycles. The average molecular weight is 478 g/mol. The molecular weight excluding hydrogens is 454 g/mol. The van der Waals surface area contributed by atoms with Gasteiger partial charge in [-0.05, 0) is 48.9 Å². The molecule has 10 heteroatoms. The van der Waals surface area contributed by atoms with E-state index in [1.165, 1.54) is 11.8 Å². The Kier molecular flexibility index (Phi) is 5.26. The van der Waals surface area contributed by atoms with Crippen molar-refractivity contribution in [1.82, 2.24) is 14.9 Å². The maximum Gasteiger partial charge on any atom is 0.414 e.